The third-order valence-electron chi connectivity index (χ3n) is 10.6. The van der Waals surface area contributed by atoms with Gasteiger partial charge in [0, 0.05) is 30.4 Å². The number of carboxylic acids is 1. The van der Waals surface area contributed by atoms with Crippen LogP contribution < -0.4 is 5.32 Å². The number of Topliss-reactive ketones (excluding diaryl/α,β-unsaturated/α-hetero) is 1. The van der Waals surface area contributed by atoms with Gasteiger partial charge in [-0.15, -0.1) is 0 Å². The van der Waals surface area contributed by atoms with Gasteiger partial charge in [0.15, 0.2) is 5.78 Å². The van der Waals surface area contributed by atoms with Crippen LogP contribution in [0.1, 0.15) is 79.6 Å². The van der Waals surface area contributed by atoms with Crippen molar-refractivity contribution in [3.63, 3.8) is 0 Å². The van der Waals surface area contributed by atoms with Crippen LogP contribution in [0.4, 0.5) is 0 Å². The number of allylic oxidation sites excluding steroid dienone is 2. The first kappa shape index (κ1) is 25.2. The number of hydrogen-bond acceptors (Lipinski definition) is 5. The smallest absolute Gasteiger partial charge is 0.300 e. The SMILES string of the molecule is CC(=O)O.CC1=C2C(=O)C3C(CC=C4CC(O)CCC43C)C2CCC12OC1CC(C)CNC1C2C. The number of aliphatic hydroxyl groups excluding tert-OH is 1. The van der Waals surface area contributed by atoms with Gasteiger partial charge in [-0.05, 0) is 87.2 Å². The van der Waals surface area contributed by atoms with Crippen molar-refractivity contribution in [1.82, 2.24) is 5.32 Å². The number of rotatable bonds is 0. The molecule has 2 aliphatic heterocycles. The number of aliphatic carboxylic acids is 1. The van der Waals surface area contributed by atoms with Crippen molar-refractivity contribution < 1.29 is 24.5 Å². The first-order chi connectivity index (χ1) is 16.5. The summed E-state index contributed by atoms with van der Waals surface area (Å²) >= 11 is 0. The number of carbonyl (C=O) groups excluding carboxylic acids is 1. The lowest BCUT2D eigenvalue weighted by molar-refractivity contribution is -0.134. The Kier molecular flexibility index (Phi) is 6.33. The maximum atomic E-state index is 14.1. The Hall–Kier alpha value is -1.50. The van der Waals surface area contributed by atoms with Crippen molar-refractivity contribution in [2.45, 2.75) is 103 Å². The molecule has 2 saturated carbocycles. The molecule has 0 radical (unpaired) electrons. The van der Waals surface area contributed by atoms with Gasteiger partial charge in [-0.2, -0.15) is 0 Å². The molecule has 10 unspecified atom stereocenters. The Bertz CT molecular complexity index is 966. The van der Waals surface area contributed by atoms with Crippen molar-refractivity contribution in [3.8, 4) is 0 Å². The Morgan fingerprint density at radius 3 is 2.66 bits per heavy atom. The molecule has 6 aliphatic rings. The van der Waals surface area contributed by atoms with E-state index in [4.69, 9.17) is 14.6 Å². The number of aliphatic hydroxyl groups is 1. The predicted molar refractivity (Wildman–Crippen MR) is 134 cm³/mol. The molecule has 2 saturated heterocycles. The molecule has 2 heterocycles. The Morgan fingerprint density at radius 1 is 1.23 bits per heavy atom. The number of fused-ring (bicyclic) bond motifs is 6. The second-order valence-electron chi connectivity index (χ2n) is 12.6. The standard InChI is InChI=1S/C27H39NO3.C2H4O2/c1-14-11-21-24(28-13-14)16(3)27(31-21)10-8-19-20-6-5-17-12-18(29)7-9-26(17,4)23(20)25(30)22(19)15(27)2;1-2(3)4/h5,14,16,18-21,23-24,28-29H,6-13H2,1-4H3;1H3,(H,3,4). The molecule has 4 aliphatic carbocycles. The number of ketones is 1. The monoisotopic (exact) mass is 485 g/mol. The highest BCUT2D eigenvalue weighted by Gasteiger charge is 2.63. The van der Waals surface area contributed by atoms with E-state index in [-0.39, 0.29) is 29.1 Å². The molecule has 0 aromatic rings. The summed E-state index contributed by atoms with van der Waals surface area (Å²) in [5.41, 5.74) is 3.43. The summed E-state index contributed by atoms with van der Waals surface area (Å²) < 4.78 is 6.93. The molecular weight excluding hydrogens is 442 g/mol. The molecule has 35 heavy (non-hydrogen) atoms. The average Bonchev–Trinajstić information content (AvgIpc) is 3.23. The zero-order valence-corrected chi connectivity index (χ0v) is 22.0. The van der Waals surface area contributed by atoms with E-state index in [0.29, 0.717) is 35.5 Å². The summed E-state index contributed by atoms with van der Waals surface area (Å²) in [6, 6.07) is 0.410. The average molecular weight is 486 g/mol. The predicted octanol–water partition coefficient (Wildman–Crippen LogP) is 4.27. The lowest BCUT2D eigenvalue weighted by atomic mass is 9.56. The first-order valence-electron chi connectivity index (χ1n) is 13.7. The van der Waals surface area contributed by atoms with Gasteiger partial charge in [-0.25, -0.2) is 0 Å². The minimum atomic E-state index is -0.833. The molecule has 6 rings (SSSR count). The summed E-state index contributed by atoms with van der Waals surface area (Å²) in [7, 11) is 0. The maximum absolute atomic E-state index is 14.1. The highest BCUT2D eigenvalue weighted by molar-refractivity contribution is 6.02. The Balaban J connectivity index is 0.000000591. The fraction of sp³-hybridized carbons (Fsp3) is 0.793. The van der Waals surface area contributed by atoms with Crippen LogP contribution >= 0.6 is 0 Å². The van der Waals surface area contributed by atoms with E-state index in [1.807, 2.05) is 0 Å². The minimum Gasteiger partial charge on any atom is -0.481 e. The third kappa shape index (κ3) is 3.77. The summed E-state index contributed by atoms with van der Waals surface area (Å²) in [5.74, 6) is 1.58. The van der Waals surface area contributed by atoms with Gasteiger partial charge in [0.25, 0.3) is 5.97 Å². The van der Waals surface area contributed by atoms with E-state index in [9.17, 15) is 9.90 Å². The zero-order chi connectivity index (χ0) is 25.3. The lowest BCUT2D eigenvalue weighted by Crippen LogP contribution is -2.49. The van der Waals surface area contributed by atoms with Gasteiger partial charge < -0.3 is 20.3 Å². The molecule has 0 amide bonds. The highest BCUT2D eigenvalue weighted by atomic mass is 16.5. The largest absolute Gasteiger partial charge is 0.481 e. The number of ether oxygens (including phenoxy) is 1. The molecule has 1 spiro atoms. The van der Waals surface area contributed by atoms with Gasteiger partial charge in [0.1, 0.15) is 0 Å². The number of hydrogen-bond donors (Lipinski definition) is 3. The van der Waals surface area contributed by atoms with Crippen LogP contribution in [0.3, 0.4) is 0 Å². The molecule has 0 aromatic heterocycles. The van der Waals surface area contributed by atoms with Crippen molar-refractivity contribution in [3.05, 3.63) is 22.8 Å². The summed E-state index contributed by atoms with van der Waals surface area (Å²) in [6.45, 7) is 11.4. The normalized spacial score (nSPS) is 48.3. The molecular formula is C29H43NO5. The second kappa shape index (κ2) is 8.81. The van der Waals surface area contributed by atoms with E-state index in [1.54, 1.807) is 0 Å². The number of carboxylic acid groups (broad SMARTS) is 1. The second-order valence-corrected chi connectivity index (χ2v) is 12.6. The van der Waals surface area contributed by atoms with Crippen molar-refractivity contribution in [1.29, 1.82) is 0 Å². The van der Waals surface area contributed by atoms with Gasteiger partial charge in [0.05, 0.1) is 17.8 Å². The van der Waals surface area contributed by atoms with Crippen LogP contribution in [0.15, 0.2) is 22.8 Å². The van der Waals surface area contributed by atoms with Gasteiger partial charge >= 0.3 is 0 Å². The van der Waals surface area contributed by atoms with E-state index >= 15 is 0 Å². The van der Waals surface area contributed by atoms with Crippen LogP contribution in [0.25, 0.3) is 0 Å². The lowest BCUT2D eigenvalue weighted by Gasteiger charge is -2.48. The Labute approximate surface area is 209 Å². The molecule has 4 fully saturated rings. The van der Waals surface area contributed by atoms with Crippen LogP contribution in [0, 0.1) is 35.0 Å². The van der Waals surface area contributed by atoms with Crippen LogP contribution in [0.2, 0.25) is 0 Å². The van der Waals surface area contributed by atoms with Gasteiger partial charge in [0.2, 0.25) is 0 Å². The molecule has 6 nitrogen and oxygen atoms in total. The molecule has 6 heteroatoms. The molecule has 10 atom stereocenters. The van der Waals surface area contributed by atoms with Crippen LogP contribution in [-0.4, -0.2) is 52.4 Å². The fourth-order valence-corrected chi connectivity index (χ4v) is 8.93. The van der Waals surface area contributed by atoms with E-state index < -0.39 is 5.97 Å². The van der Waals surface area contributed by atoms with Crippen molar-refractivity contribution in [2.24, 2.45) is 35.0 Å². The van der Waals surface area contributed by atoms with Crippen LogP contribution in [-0.2, 0) is 14.3 Å². The molecule has 0 aromatic carbocycles. The van der Waals surface area contributed by atoms with Crippen molar-refractivity contribution in [2.75, 3.05) is 6.54 Å². The highest BCUT2D eigenvalue weighted by Crippen LogP contribution is 2.63. The summed E-state index contributed by atoms with van der Waals surface area (Å²) in [4.78, 5) is 23.1. The van der Waals surface area contributed by atoms with Crippen LogP contribution in [0.5, 0.6) is 0 Å². The summed E-state index contributed by atoms with van der Waals surface area (Å²) in [6.07, 6.45) is 9.23. The van der Waals surface area contributed by atoms with Gasteiger partial charge in [-0.3, -0.25) is 9.59 Å². The quantitative estimate of drug-likeness (QED) is 0.444. The molecule has 3 N–H and O–H groups in total. The zero-order valence-electron chi connectivity index (χ0n) is 22.0. The number of nitrogens with one attached hydrogen (secondary N) is 1. The van der Waals surface area contributed by atoms with Gasteiger partial charge in [-0.1, -0.05) is 32.4 Å². The number of piperidine rings is 1. The minimum absolute atomic E-state index is 0.0653. The van der Waals surface area contributed by atoms with E-state index in [1.165, 1.54) is 11.1 Å². The van der Waals surface area contributed by atoms with E-state index in [0.717, 1.165) is 64.0 Å². The van der Waals surface area contributed by atoms with E-state index in [2.05, 4.69) is 39.1 Å². The summed E-state index contributed by atoms with van der Waals surface area (Å²) in [5, 5.41) is 21.4. The topological polar surface area (TPSA) is 95.9 Å². The maximum Gasteiger partial charge on any atom is 0.300 e. The Morgan fingerprint density at radius 2 is 1.94 bits per heavy atom. The first-order valence-corrected chi connectivity index (χ1v) is 13.7. The molecule has 0 bridgehead atoms. The number of carbonyl (C=O) groups is 2. The van der Waals surface area contributed by atoms with Crippen molar-refractivity contribution >= 4 is 11.8 Å². The fourth-order valence-electron chi connectivity index (χ4n) is 8.93. The molecule has 194 valence electrons. The third-order valence-corrected chi connectivity index (χ3v) is 10.6.